The van der Waals surface area contributed by atoms with Gasteiger partial charge in [-0.15, -0.1) is 5.11 Å². The van der Waals surface area contributed by atoms with Crippen molar-refractivity contribution in [2.24, 2.45) is 10.3 Å². The first kappa shape index (κ1) is 18.0. The van der Waals surface area contributed by atoms with Crippen LogP contribution in [0.25, 0.3) is 0 Å². The van der Waals surface area contributed by atoms with Gasteiger partial charge in [-0.3, -0.25) is 5.01 Å². The van der Waals surface area contributed by atoms with Crippen LogP contribution in [0.4, 0.5) is 10.1 Å². The lowest BCUT2D eigenvalue weighted by Crippen LogP contribution is -2.09. The van der Waals surface area contributed by atoms with Crippen molar-refractivity contribution in [3.63, 3.8) is 0 Å². The van der Waals surface area contributed by atoms with Crippen LogP contribution in [0.1, 0.15) is 41.3 Å². The number of nitrogens with zero attached hydrogens (tertiary/aromatic N) is 3. The number of halogens is 1. The number of carbonyl (C=O) groups is 1. The fourth-order valence-electron chi connectivity index (χ4n) is 2.89. The van der Waals surface area contributed by atoms with Crippen molar-refractivity contribution in [2.75, 3.05) is 19.7 Å². The number of hydrogen-bond donors (Lipinski definition) is 0. The van der Waals surface area contributed by atoms with E-state index in [-0.39, 0.29) is 11.8 Å². The fourth-order valence-corrected chi connectivity index (χ4v) is 2.89. The van der Waals surface area contributed by atoms with Gasteiger partial charge in [0.25, 0.3) is 0 Å². The van der Waals surface area contributed by atoms with Gasteiger partial charge in [-0.1, -0.05) is 17.4 Å². The van der Waals surface area contributed by atoms with E-state index in [4.69, 9.17) is 4.74 Å². The Bertz CT molecular complexity index is 784. The van der Waals surface area contributed by atoms with Crippen LogP contribution in [0.5, 0.6) is 0 Å². The second-order valence-corrected chi connectivity index (χ2v) is 6.22. The van der Waals surface area contributed by atoms with Crippen molar-refractivity contribution >= 4 is 11.7 Å². The summed E-state index contributed by atoms with van der Waals surface area (Å²) in [6, 6.07) is 11.6. The van der Waals surface area contributed by atoms with Crippen LogP contribution in [0.2, 0.25) is 0 Å². The largest absolute Gasteiger partial charge is 0.462 e. The van der Waals surface area contributed by atoms with E-state index in [9.17, 15) is 9.18 Å². The summed E-state index contributed by atoms with van der Waals surface area (Å²) in [5.41, 5.74) is 2.97. The predicted octanol–water partition coefficient (Wildman–Crippen LogP) is 4.69. The summed E-state index contributed by atoms with van der Waals surface area (Å²) in [5.74, 6) is -0.640. The minimum Gasteiger partial charge on any atom is -0.462 e. The highest BCUT2D eigenvalue weighted by Gasteiger charge is 2.13. The Morgan fingerprint density at radius 1 is 1.15 bits per heavy atom. The van der Waals surface area contributed by atoms with Crippen LogP contribution < -0.4 is 0 Å². The van der Waals surface area contributed by atoms with Crippen molar-refractivity contribution in [3.05, 3.63) is 65.0 Å². The summed E-state index contributed by atoms with van der Waals surface area (Å²) < 4.78 is 18.2. The molecule has 0 atom stereocenters. The Balaban J connectivity index is 1.88. The highest BCUT2D eigenvalue weighted by molar-refractivity contribution is 5.90. The molecule has 0 unspecified atom stereocenters. The van der Waals surface area contributed by atoms with Gasteiger partial charge >= 0.3 is 5.97 Å². The summed E-state index contributed by atoms with van der Waals surface area (Å²) in [7, 11) is 0. The molecule has 26 heavy (non-hydrogen) atoms. The van der Waals surface area contributed by atoms with E-state index in [1.165, 1.54) is 12.1 Å². The highest BCUT2D eigenvalue weighted by Crippen LogP contribution is 2.25. The SMILES string of the molecule is CCOC(=O)c1ccc(/N=N/N2CCCC2)c(Cc2ccc(F)cc2)c1. The zero-order chi connectivity index (χ0) is 18.4. The third kappa shape index (κ3) is 4.65. The summed E-state index contributed by atoms with van der Waals surface area (Å²) >= 11 is 0. The summed E-state index contributed by atoms with van der Waals surface area (Å²) in [6.07, 6.45) is 2.79. The van der Waals surface area contributed by atoms with E-state index in [0.29, 0.717) is 24.3 Å². The Kier molecular flexibility index (Phi) is 5.94. The first-order valence-corrected chi connectivity index (χ1v) is 8.87. The van der Waals surface area contributed by atoms with Crippen molar-refractivity contribution in [2.45, 2.75) is 26.2 Å². The molecule has 1 heterocycles. The van der Waals surface area contributed by atoms with Crippen LogP contribution >= 0.6 is 0 Å². The summed E-state index contributed by atoms with van der Waals surface area (Å²) in [5, 5.41) is 10.6. The molecule has 2 aromatic rings. The van der Waals surface area contributed by atoms with E-state index in [0.717, 1.165) is 37.1 Å². The molecule has 0 radical (unpaired) electrons. The molecule has 0 saturated carbocycles. The number of benzene rings is 2. The standard InChI is InChI=1S/C20H22FN3O2/c1-2-26-20(25)16-7-10-19(22-23-24-11-3-4-12-24)17(14-16)13-15-5-8-18(21)9-6-15/h5-10,14H,2-4,11-13H2,1H3/b23-22+. The molecule has 136 valence electrons. The molecule has 3 rings (SSSR count). The molecule has 2 aromatic carbocycles. The van der Waals surface area contributed by atoms with Crippen LogP contribution in [0.15, 0.2) is 52.8 Å². The molecule has 1 fully saturated rings. The Labute approximate surface area is 152 Å². The van der Waals surface area contributed by atoms with Crippen molar-refractivity contribution in [3.8, 4) is 0 Å². The normalized spacial score (nSPS) is 14.2. The lowest BCUT2D eigenvalue weighted by molar-refractivity contribution is 0.0526. The fraction of sp³-hybridized carbons (Fsp3) is 0.350. The molecule has 0 N–H and O–H groups in total. The predicted molar refractivity (Wildman–Crippen MR) is 96.9 cm³/mol. The van der Waals surface area contributed by atoms with Gasteiger partial charge in [0.1, 0.15) is 5.82 Å². The van der Waals surface area contributed by atoms with Crippen LogP contribution in [0, 0.1) is 5.82 Å². The number of esters is 1. The van der Waals surface area contributed by atoms with E-state index in [2.05, 4.69) is 10.3 Å². The molecule has 0 amide bonds. The molecule has 0 aromatic heterocycles. The number of carbonyl (C=O) groups excluding carboxylic acids is 1. The first-order chi connectivity index (χ1) is 12.7. The second kappa shape index (κ2) is 8.56. The molecular weight excluding hydrogens is 333 g/mol. The third-order valence-corrected chi connectivity index (χ3v) is 4.26. The molecule has 1 aliphatic rings. The zero-order valence-corrected chi connectivity index (χ0v) is 14.8. The molecule has 6 heteroatoms. The number of rotatable bonds is 6. The minimum absolute atomic E-state index is 0.275. The molecule has 1 saturated heterocycles. The van der Waals surface area contributed by atoms with E-state index < -0.39 is 0 Å². The van der Waals surface area contributed by atoms with E-state index in [1.54, 1.807) is 37.3 Å². The number of hydrogen-bond acceptors (Lipinski definition) is 4. The quantitative estimate of drug-likeness (QED) is 0.558. The zero-order valence-electron chi connectivity index (χ0n) is 14.8. The van der Waals surface area contributed by atoms with Crippen LogP contribution in [-0.4, -0.2) is 30.7 Å². The van der Waals surface area contributed by atoms with Crippen LogP contribution in [0.3, 0.4) is 0 Å². The van der Waals surface area contributed by atoms with Gasteiger partial charge in [0.2, 0.25) is 0 Å². The first-order valence-electron chi connectivity index (χ1n) is 8.87. The molecule has 0 bridgehead atoms. The Morgan fingerprint density at radius 3 is 2.58 bits per heavy atom. The maximum absolute atomic E-state index is 13.2. The van der Waals surface area contributed by atoms with Gasteiger partial charge in [0.05, 0.1) is 17.9 Å². The average molecular weight is 355 g/mol. The van der Waals surface area contributed by atoms with Crippen molar-refractivity contribution in [1.29, 1.82) is 0 Å². The van der Waals surface area contributed by atoms with E-state index in [1.807, 2.05) is 5.01 Å². The maximum Gasteiger partial charge on any atom is 0.338 e. The number of ether oxygens (including phenoxy) is 1. The van der Waals surface area contributed by atoms with Gasteiger partial charge < -0.3 is 4.74 Å². The third-order valence-electron chi connectivity index (χ3n) is 4.26. The molecule has 0 aliphatic carbocycles. The Hall–Kier alpha value is -2.76. The summed E-state index contributed by atoms with van der Waals surface area (Å²) in [6.45, 7) is 3.92. The highest BCUT2D eigenvalue weighted by atomic mass is 19.1. The lowest BCUT2D eigenvalue weighted by Gasteiger charge is -2.11. The average Bonchev–Trinajstić information content (AvgIpc) is 3.16. The van der Waals surface area contributed by atoms with Crippen LogP contribution in [-0.2, 0) is 11.2 Å². The molecule has 1 aliphatic heterocycles. The van der Waals surface area contributed by atoms with Crippen molar-refractivity contribution in [1.82, 2.24) is 5.01 Å². The van der Waals surface area contributed by atoms with Crippen molar-refractivity contribution < 1.29 is 13.9 Å². The lowest BCUT2D eigenvalue weighted by atomic mass is 10.0. The Morgan fingerprint density at radius 2 is 1.88 bits per heavy atom. The molecule has 5 nitrogen and oxygen atoms in total. The minimum atomic E-state index is -0.365. The molecular formula is C20H22FN3O2. The summed E-state index contributed by atoms with van der Waals surface area (Å²) in [4.78, 5) is 12.0. The topological polar surface area (TPSA) is 54.3 Å². The van der Waals surface area contributed by atoms with Gasteiger partial charge in [-0.2, -0.15) is 0 Å². The molecule has 0 spiro atoms. The van der Waals surface area contributed by atoms with Gasteiger partial charge in [-0.25, -0.2) is 9.18 Å². The maximum atomic E-state index is 13.2. The van der Waals surface area contributed by atoms with Gasteiger partial charge in [-0.05, 0) is 67.6 Å². The smallest absolute Gasteiger partial charge is 0.338 e. The monoisotopic (exact) mass is 355 g/mol. The van der Waals surface area contributed by atoms with E-state index >= 15 is 0 Å². The second-order valence-electron chi connectivity index (χ2n) is 6.22. The van der Waals surface area contributed by atoms with Gasteiger partial charge in [0, 0.05) is 13.1 Å². The van der Waals surface area contributed by atoms with Gasteiger partial charge in [0.15, 0.2) is 0 Å².